The van der Waals surface area contributed by atoms with E-state index in [-0.39, 0.29) is 0 Å². The van der Waals surface area contributed by atoms with Gasteiger partial charge in [0.1, 0.15) is 0 Å². The summed E-state index contributed by atoms with van der Waals surface area (Å²) in [6.07, 6.45) is 4.09. The quantitative estimate of drug-likeness (QED) is 0.592. The molecule has 0 aliphatic carbocycles. The molecule has 0 aromatic rings. The van der Waals surface area contributed by atoms with Gasteiger partial charge in [-0.25, -0.2) is 0 Å². The van der Waals surface area contributed by atoms with Crippen LogP contribution >= 0.6 is 0 Å². The number of rotatable bonds is 2. The van der Waals surface area contributed by atoms with Crippen LogP contribution < -0.4 is 0 Å². The van der Waals surface area contributed by atoms with Crippen LogP contribution in [0.25, 0.3) is 0 Å². The zero-order chi connectivity index (χ0) is 7.73. The molecule has 3 rings (SSSR count). The molecule has 0 aromatic carbocycles. The van der Waals surface area contributed by atoms with Gasteiger partial charge in [0.25, 0.3) is 0 Å². The van der Waals surface area contributed by atoms with Crippen molar-refractivity contribution in [3.63, 3.8) is 0 Å². The lowest BCUT2D eigenvalue weighted by Gasteiger charge is -2.48. The van der Waals surface area contributed by atoms with Gasteiger partial charge < -0.3 is 9.64 Å². The first kappa shape index (κ1) is 7.56. The molecule has 3 heterocycles. The van der Waals surface area contributed by atoms with Gasteiger partial charge >= 0.3 is 0 Å². The lowest BCUT2D eigenvalue weighted by molar-refractivity contribution is -0.0295. The molecule has 0 saturated carbocycles. The Labute approximate surface area is 68.5 Å². The highest BCUT2D eigenvalue weighted by Gasteiger charge is 2.38. The molecule has 3 aliphatic rings. The molecule has 3 aliphatic heterocycles. The molecule has 64 valence electrons. The summed E-state index contributed by atoms with van der Waals surface area (Å²) in [6, 6.07) is 0. The summed E-state index contributed by atoms with van der Waals surface area (Å²) < 4.78 is 5.28. The molecule has 0 N–H and O–H groups in total. The molecule has 0 radical (unpaired) electrons. The Morgan fingerprint density at radius 1 is 1.18 bits per heavy atom. The molecular formula is C9H17NO. The topological polar surface area (TPSA) is 12.5 Å². The van der Waals surface area contributed by atoms with E-state index in [0.717, 1.165) is 6.61 Å². The zero-order valence-electron chi connectivity index (χ0n) is 7.31. The number of nitrogens with zero attached hydrogens (tertiary/aromatic N) is 1. The highest BCUT2D eigenvalue weighted by molar-refractivity contribution is 4.91. The molecule has 2 heteroatoms. The van der Waals surface area contributed by atoms with Crippen molar-refractivity contribution in [3.05, 3.63) is 0 Å². The molecule has 0 amide bonds. The summed E-state index contributed by atoms with van der Waals surface area (Å²) in [5.41, 5.74) is 0.573. The Bertz CT molecular complexity index is 119. The molecule has 2 bridgehead atoms. The number of piperidine rings is 3. The number of ether oxygens (including phenoxy) is 1. The Hall–Kier alpha value is -0.0800. The van der Waals surface area contributed by atoms with Crippen molar-refractivity contribution < 1.29 is 4.74 Å². The fraction of sp³-hybridized carbons (Fsp3) is 1.00. The molecule has 3 saturated heterocycles. The Balaban J connectivity index is 2.00. The first-order valence-electron chi connectivity index (χ1n) is 4.56. The van der Waals surface area contributed by atoms with E-state index in [1.807, 2.05) is 7.11 Å². The van der Waals surface area contributed by atoms with Gasteiger partial charge in [-0.15, -0.1) is 0 Å². The standard InChI is InChI=1S/C9H17NO/c1-11-8-9-2-5-10(6-3-9)7-4-9/h2-8H2,1H3. The Kier molecular flexibility index (Phi) is 1.90. The van der Waals surface area contributed by atoms with Gasteiger partial charge in [-0.05, 0) is 44.3 Å². The molecule has 0 spiro atoms. The fourth-order valence-electron chi connectivity index (χ4n) is 2.42. The molecule has 2 nitrogen and oxygen atoms in total. The molecule has 0 aromatic heterocycles. The summed E-state index contributed by atoms with van der Waals surface area (Å²) in [5, 5.41) is 0. The van der Waals surface area contributed by atoms with Crippen molar-refractivity contribution in [2.45, 2.75) is 19.3 Å². The van der Waals surface area contributed by atoms with Crippen LogP contribution in [-0.2, 0) is 4.74 Å². The largest absolute Gasteiger partial charge is 0.384 e. The average molecular weight is 155 g/mol. The summed E-state index contributed by atoms with van der Waals surface area (Å²) in [4.78, 5) is 2.57. The van der Waals surface area contributed by atoms with E-state index in [4.69, 9.17) is 4.74 Å². The molecule has 11 heavy (non-hydrogen) atoms. The molecule has 3 fully saturated rings. The number of fused-ring (bicyclic) bond motifs is 3. The SMILES string of the molecule is COCC12CCN(CC1)CC2. The van der Waals surface area contributed by atoms with Crippen molar-refractivity contribution in [2.75, 3.05) is 33.4 Å². The average Bonchev–Trinajstić information content (AvgIpc) is 2.07. The zero-order valence-corrected chi connectivity index (χ0v) is 7.31. The fourth-order valence-corrected chi connectivity index (χ4v) is 2.42. The van der Waals surface area contributed by atoms with E-state index in [0.29, 0.717) is 5.41 Å². The van der Waals surface area contributed by atoms with Gasteiger partial charge in [0.05, 0.1) is 6.61 Å². The van der Waals surface area contributed by atoms with Crippen LogP contribution in [0.2, 0.25) is 0 Å². The van der Waals surface area contributed by atoms with E-state index in [1.54, 1.807) is 0 Å². The number of hydrogen-bond donors (Lipinski definition) is 0. The predicted molar refractivity (Wildman–Crippen MR) is 44.6 cm³/mol. The van der Waals surface area contributed by atoms with Gasteiger partial charge in [-0.3, -0.25) is 0 Å². The smallest absolute Gasteiger partial charge is 0.0520 e. The third-order valence-electron chi connectivity index (χ3n) is 3.33. The van der Waals surface area contributed by atoms with Crippen LogP contribution in [0, 0.1) is 5.41 Å². The van der Waals surface area contributed by atoms with Crippen molar-refractivity contribution >= 4 is 0 Å². The Morgan fingerprint density at radius 2 is 1.73 bits per heavy atom. The van der Waals surface area contributed by atoms with Crippen LogP contribution in [0.4, 0.5) is 0 Å². The summed E-state index contributed by atoms with van der Waals surface area (Å²) in [5.74, 6) is 0. The lowest BCUT2D eigenvalue weighted by atomic mass is 9.73. The van der Waals surface area contributed by atoms with Crippen molar-refractivity contribution in [1.29, 1.82) is 0 Å². The van der Waals surface area contributed by atoms with Gasteiger partial charge in [-0.1, -0.05) is 0 Å². The molecule has 0 atom stereocenters. The van der Waals surface area contributed by atoms with E-state index in [2.05, 4.69) is 4.90 Å². The van der Waals surface area contributed by atoms with Crippen LogP contribution in [0.1, 0.15) is 19.3 Å². The van der Waals surface area contributed by atoms with Gasteiger partial charge in [-0.2, -0.15) is 0 Å². The van der Waals surface area contributed by atoms with E-state index in [1.165, 1.54) is 38.9 Å². The predicted octanol–water partition coefficient (Wildman–Crippen LogP) is 1.12. The van der Waals surface area contributed by atoms with Crippen molar-refractivity contribution in [2.24, 2.45) is 5.41 Å². The Morgan fingerprint density at radius 3 is 2.18 bits per heavy atom. The van der Waals surface area contributed by atoms with Crippen LogP contribution in [0.5, 0.6) is 0 Å². The van der Waals surface area contributed by atoms with E-state index < -0.39 is 0 Å². The highest BCUT2D eigenvalue weighted by atomic mass is 16.5. The van der Waals surface area contributed by atoms with Crippen molar-refractivity contribution in [3.8, 4) is 0 Å². The van der Waals surface area contributed by atoms with Gasteiger partial charge in [0, 0.05) is 7.11 Å². The normalized spacial score (nSPS) is 42.8. The molecule has 0 unspecified atom stereocenters. The second-order valence-corrected chi connectivity index (χ2v) is 4.02. The molecular weight excluding hydrogens is 138 g/mol. The second kappa shape index (κ2) is 2.76. The minimum atomic E-state index is 0.573. The van der Waals surface area contributed by atoms with E-state index in [9.17, 15) is 0 Å². The van der Waals surface area contributed by atoms with Gasteiger partial charge in [0.2, 0.25) is 0 Å². The number of methoxy groups -OCH3 is 1. The number of hydrogen-bond acceptors (Lipinski definition) is 2. The van der Waals surface area contributed by atoms with Crippen molar-refractivity contribution in [1.82, 2.24) is 4.90 Å². The third kappa shape index (κ3) is 1.30. The maximum Gasteiger partial charge on any atom is 0.0520 e. The summed E-state index contributed by atoms with van der Waals surface area (Å²) >= 11 is 0. The lowest BCUT2D eigenvalue weighted by Crippen LogP contribution is -2.49. The monoisotopic (exact) mass is 155 g/mol. The third-order valence-corrected chi connectivity index (χ3v) is 3.33. The second-order valence-electron chi connectivity index (χ2n) is 4.02. The summed E-state index contributed by atoms with van der Waals surface area (Å²) in [6.45, 7) is 4.91. The minimum absolute atomic E-state index is 0.573. The van der Waals surface area contributed by atoms with Crippen LogP contribution in [-0.4, -0.2) is 38.3 Å². The summed E-state index contributed by atoms with van der Waals surface area (Å²) in [7, 11) is 1.83. The van der Waals surface area contributed by atoms with Crippen LogP contribution in [0.3, 0.4) is 0 Å². The maximum absolute atomic E-state index is 5.28. The van der Waals surface area contributed by atoms with Crippen LogP contribution in [0.15, 0.2) is 0 Å². The first-order valence-corrected chi connectivity index (χ1v) is 4.56. The first-order chi connectivity index (χ1) is 5.35. The van der Waals surface area contributed by atoms with Gasteiger partial charge in [0.15, 0.2) is 0 Å². The van der Waals surface area contributed by atoms with E-state index >= 15 is 0 Å². The highest BCUT2D eigenvalue weighted by Crippen LogP contribution is 2.39. The maximum atomic E-state index is 5.28. The minimum Gasteiger partial charge on any atom is -0.384 e.